The van der Waals surface area contributed by atoms with Gasteiger partial charge in [-0.3, -0.25) is 13.9 Å². The minimum atomic E-state index is -4.00. The monoisotopic (exact) mass is 657 g/mol. The zero-order valence-electron chi connectivity index (χ0n) is 23.0. The van der Waals surface area contributed by atoms with Crippen molar-refractivity contribution in [3.63, 3.8) is 0 Å². The summed E-state index contributed by atoms with van der Waals surface area (Å²) in [6.45, 7) is 4.69. The van der Waals surface area contributed by atoms with Gasteiger partial charge in [-0.15, -0.1) is 0 Å². The van der Waals surface area contributed by atoms with Crippen molar-refractivity contribution >= 4 is 73.9 Å². The van der Waals surface area contributed by atoms with E-state index in [-0.39, 0.29) is 23.7 Å². The summed E-state index contributed by atoms with van der Waals surface area (Å²) in [6, 6.07) is 17.4. The molecular formula is C29H31Cl4N3O4S. The van der Waals surface area contributed by atoms with Crippen LogP contribution in [0.4, 0.5) is 5.69 Å². The number of sulfonamides is 1. The summed E-state index contributed by atoms with van der Waals surface area (Å²) in [7, 11) is -4.00. The Morgan fingerprint density at radius 1 is 0.878 bits per heavy atom. The number of nitrogens with one attached hydrogen (secondary N) is 1. The second-order valence-electron chi connectivity index (χ2n) is 10.5. The number of carbonyl (C=O) groups excluding carboxylic acids is 2. The molecular weight excluding hydrogens is 628 g/mol. The van der Waals surface area contributed by atoms with E-state index >= 15 is 0 Å². The van der Waals surface area contributed by atoms with E-state index in [1.54, 1.807) is 18.2 Å². The Labute approximate surface area is 261 Å². The molecule has 0 heterocycles. The first-order chi connectivity index (χ1) is 19.1. The van der Waals surface area contributed by atoms with E-state index in [9.17, 15) is 18.0 Å². The Hall–Kier alpha value is -2.49. The summed E-state index contributed by atoms with van der Waals surface area (Å²) in [6.07, 6.45) is 1.12. The second-order valence-corrected chi connectivity index (χ2v) is 14.1. The number of anilines is 1. The Morgan fingerprint density at radius 3 is 2.02 bits per heavy atom. The molecule has 0 saturated carbocycles. The average Bonchev–Trinajstić information content (AvgIpc) is 2.85. The van der Waals surface area contributed by atoms with Gasteiger partial charge >= 0.3 is 0 Å². The van der Waals surface area contributed by atoms with Crippen molar-refractivity contribution in [2.75, 3.05) is 17.1 Å². The number of hydrogen-bond donors (Lipinski definition) is 1. The number of amides is 2. The summed E-state index contributed by atoms with van der Waals surface area (Å²) in [5.74, 6) is -1.09. The fourth-order valence-electron chi connectivity index (χ4n) is 4.14. The van der Waals surface area contributed by atoms with Crippen molar-refractivity contribution in [2.24, 2.45) is 0 Å². The molecule has 0 aliphatic rings. The van der Waals surface area contributed by atoms with Crippen molar-refractivity contribution in [3.05, 3.63) is 97.9 Å². The van der Waals surface area contributed by atoms with Crippen LogP contribution in [0.5, 0.6) is 0 Å². The second kappa shape index (κ2) is 13.7. The Morgan fingerprint density at radius 2 is 1.49 bits per heavy atom. The maximum Gasteiger partial charge on any atom is 0.244 e. The lowest BCUT2D eigenvalue weighted by molar-refractivity contribution is -0.140. The predicted octanol–water partition coefficient (Wildman–Crippen LogP) is 6.62. The first-order valence-electron chi connectivity index (χ1n) is 12.6. The van der Waals surface area contributed by atoms with Crippen LogP contribution >= 0.6 is 46.4 Å². The summed E-state index contributed by atoms with van der Waals surface area (Å²) < 4.78 is 26.7. The molecule has 0 aromatic heterocycles. The largest absolute Gasteiger partial charge is 0.350 e. The van der Waals surface area contributed by atoms with Crippen LogP contribution in [0, 0.1) is 0 Å². The number of rotatable bonds is 10. The average molecular weight is 659 g/mol. The van der Waals surface area contributed by atoms with Crippen molar-refractivity contribution in [2.45, 2.75) is 45.3 Å². The van der Waals surface area contributed by atoms with Crippen LogP contribution in [-0.4, -0.2) is 49.5 Å². The van der Waals surface area contributed by atoms with Crippen LogP contribution in [-0.2, 0) is 32.6 Å². The number of benzene rings is 3. The van der Waals surface area contributed by atoms with E-state index in [1.165, 1.54) is 23.1 Å². The first kappa shape index (κ1) is 33.0. The van der Waals surface area contributed by atoms with Gasteiger partial charge in [-0.25, -0.2) is 8.42 Å². The normalized spacial score (nSPS) is 12.5. The third kappa shape index (κ3) is 9.25. The molecule has 12 heteroatoms. The predicted molar refractivity (Wildman–Crippen MR) is 167 cm³/mol. The molecule has 0 unspecified atom stereocenters. The van der Waals surface area contributed by atoms with Crippen LogP contribution < -0.4 is 9.62 Å². The molecule has 0 fully saturated rings. The van der Waals surface area contributed by atoms with Crippen LogP contribution in [0.3, 0.4) is 0 Å². The minimum absolute atomic E-state index is 0.0442. The first-order valence-corrected chi connectivity index (χ1v) is 15.9. The maximum absolute atomic E-state index is 14.2. The molecule has 0 aliphatic carbocycles. The molecule has 1 N–H and O–H groups in total. The van der Waals surface area contributed by atoms with Gasteiger partial charge in [0.1, 0.15) is 12.6 Å². The molecule has 1 atom stereocenters. The topological polar surface area (TPSA) is 86.8 Å². The number of nitrogens with zero attached hydrogens (tertiary/aromatic N) is 2. The van der Waals surface area contributed by atoms with Crippen LogP contribution in [0.25, 0.3) is 0 Å². The van der Waals surface area contributed by atoms with Gasteiger partial charge in [0, 0.05) is 39.1 Å². The highest BCUT2D eigenvalue weighted by Gasteiger charge is 2.35. The van der Waals surface area contributed by atoms with Crippen molar-refractivity contribution < 1.29 is 18.0 Å². The van der Waals surface area contributed by atoms with Gasteiger partial charge in [0.2, 0.25) is 21.8 Å². The highest BCUT2D eigenvalue weighted by Crippen LogP contribution is 2.32. The van der Waals surface area contributed by atoms with Crippen LogP contribution in [0.2, 0.25) is 20.1 Å². The van der Waals surface area contributed by atoms with Gasteiger partial charge in [-0.05, 0) is 56.7 Å². The molecule has 0 saturated heterocycles. The molecule has 41 heavy (non-hydrogen) atoms. The minimum Gasteiger partial charge on any atom is -0.350 e. The molecule has 0 aliphatic heterocycles. The van der Waals surface area contributed by atoms with Gasteiger partial charge < -0.3 is 10.2 Å². The van der Waals surface area contributed by atoms with E-state index in [0.717, 1.165) is 16.1 Å². The molecule has 3 aromatic rings. The molecule has 0 spiro atoms. The van der Waals surface area contributed by atoms with Crippen molar-refractivity contribution in [1.29, 1.82) is 0 Å². The van der Waals surface area contributed by atoms with E-state index < -0.39 is 40.0 Å². The van der Waals surface area contributed by atoms with Gasteiger partial charge in [-0.1, -0.05) is 82.8 Å². The van der Waals surface area contributed by atoms with Crippen LogP contribution in [0.1, 0.15) is 31.9 Å². The van der Waals surface area contributed by atoms with Gasteiger partial charge in [0.15, 0.2) is 0 Å². The summed E-state index contributed by atoms with van der Waals surface area (Å²) >= 11 is 25.3. The molecule has 7 nitrogen and oxygen atoms in total. The summed E-state index contributed by atoms with van der Waals surface area (Å²) in [5.41, 5.74) is 0.672. The smallest absolute Gasteiger partial charge is 0.244 e. The molecule has 3 rings (SSSR count). The highest BCUT2D eigenvalue weighted by atomic mass is 35.5. The van der Waals surface area contributed by atoms with Crippen LogP contribution in [0.15, 0.2) is 66.7 Å². The Kier molecular flexibility index (Phi) is 11.0. The number of carbonyl (C=O) groups is 2. The highest BCUT2D eigenvalue weighted by molar-refractivity contribution is 7.92. The Balaban J connectivity index is 2.14. The van der Waals surface area contributed by atoms with E-state index in [1.807, 2.05) is 51.1 Å². The third-order valence-electron chi connectivity index (χ3n) is 6.02. The van der Waals surface area contributed by atoms with E-state index in [4.69, 9.17) is 46.4 Å². The SMILES string of the molecule is CC(C)(C)NC(=O)[C@H](Cc1ccccc1)N(Cc1c(Cl)cccc1Cl)C(=O)CN(c1ccc(Cl)cc1Cl)S(C)(=O)=O. The number of halogens is 4. The fraction of sp³-hybridized carbons (Fsp3) is 0.310. The summed E-state index contributed by atoms with van der Waals surface area (Å²) in [5, 5.41) is 3.89. The zero-order chi connectivity index (χ0) is 30.5. The Bertz CT molecular complexity index is 1490. The summed E-state index contributed by atoms with van der Waals surface area (Å²) in [4.78, 5) is 29.2. The molecule has 220 valence electrons. The molecule has 2 amide bonds. The maximum atomic E-state index is 14.2. The van der Waals surface area contributed by atoms with Crippen molar-refractivity contribution in [3.8, 4) is 0 Å². The zero-order valence-corrected chi connectivity index (χ0v) is 26.8. The lowest BCUT2D eigenvalue weighted by Gasteiger charge is -2.35. The van der Waals surface area contributed by atoms with Gasteiger partial charge in [0.25, 0.3) is 0 Å². The molecule has 0 bridgehead atoms. The van der Waals surface area contributed by atoms with E-state index in [0.29, 0.717) is 20.6 Å². The van der Waals surface area contributed by atoms with E-state index in [2.05, 4.69) is 5.32 Å². The standard InChI is InChI=1S/C29H31Cl4N3O4S/c1-29(2,3)34-28(38)26(15-19-9-6-5-7-10-19)35(17-21-22(31)11-8-12-23(21)32)27(37)18-36(41(4,39)40)25-14-13-20(30)16-24(25)33/h5-14,16,26H,15,17-18H2,1-4H3,(H,34,38)/t26-/m0/s1. The van der Waals surface area contributed by atoms with Gasteiger partial charge in [0.05, 0.1) is 17.0 Å². The lowest BCUT2D eigenvalue weighted by Crippen LogP contribution is -2.56. The lowest BCUT2D eigenvalue weighted by atomic mass is 10.0. The van der Waals surface area contributed by atoms with Gasteiger partial charge in [-0.2, -0.15) is 0 Å². The molecule has 3 aromatic carbocycles. The fourth-order valence-corrected chi connectivity index (χ4v) is 6.08. The molecule has 0 radical (unpaired) electrons. The van der Waals surface area contributed by atoms with Crippen molar-refractivity contribution in [1.82, 2.24) is 10.2 Å². The quantitative estimate of drug-likeness (QED) is 0.265. The third-order valence-corrected chi connectivity index (χ3v) is 8.39. The number of hydrogen-bond acceptors (Lipinski definition) is 4.